The second-order valence-corrected chi connectivity index (χ2v) is 5.00. The Balaban J connectivity index is 2.20. The topological polar surface area (TPSA) is 97.8 Å². The van der Waals surface area contributed by atoms with E-state index in [-0.39, 0.29) is 17.7 Å². The van der Waals surface area contributed by atoms with E-state index in [1.54, 1.807) is 19.1 Å². The number of carbonyl (C=O) groups is 5. The number of benzene rings is 1. The minimum atomic E-state index is -1.63. The second-order valence-electron chi connectivity index (χ2n) is 5.00. The maximum absolute atomic E-state index is 12.2. The summed E-state index contributed by atoms with van der Waals surface area (Å²) in [5.74, 6) is -5.37. The first kappa shape index (κ1) is 16.5. The van der Waals surface area contributed by atoms with Gasteiger partial charge in [0.25, 0.3) is 11.8 Å². The zero-order valence-electron chi connectivity index (χ0n) is 12.7. The van der Waals surface area contributed by atoms with Crippen molar-refractivity contribution in [2.75, 3.05) is 13.2 Å². The summed E-state index contributed by atoms with van der Waals surface area (Å²) < 4.78 is 4.70. The van der Waals surface area contributed by atoms with Crippen LogP contribution < -0.4 is 0 Å². The Morgan fingerprint density at radius 3 is 2.04 bits per heavy atom. The molecule has 0 aromatic heterocycles. The lowest BCUT2D eigenvalue weighted by Gasteiger charge is -2.16. The molecule has 120 valence electrons. The summed E-state index contributed by atoms with van der Waals surface area (Å²) in [4.78, 5) is 60.6. The molecule has 1 aliphatic heterocycles. The van der Waals surface area contributed by atoms with E-state index in [9.17, 15) is 24.0 Å². The van der Waals surface area contributed by atoms with Crippen molar-refractivity contribution in [3.63, 3.8) is 0 Å². The molecule has 0 saturated heterocycles. The Morgan fingerprint density at radius 2 is 1.61 bits per heavy atom. The van der Waals surface area contributed by atoms with E-state index in [1.165, 1.54) is 12.1 Å². The van der Waals surface area contributed by atoms with Gasteiger partial charge in [-0.25, -0.2) is 0 Å². The van der Waals surface area contributed by atoms with Crippen LogP contribution in [0, 0.1) is 5.92 Å². The van der Waals surface area contributed by atoms with Crippen LogP contribution in [0.2, 0.25) is 0 Å². The second kappa shape index (κ2) is 6.51. The van der Waals surface area contributed by atoms with Gasteiger partial charge in [0.2, 0.25) is 0 Å². The van der Waals surface area contributed by atoms with Crippen molar-refractivity contribution in [1.82, 2.24) is 4.90 Å². The number of hydrogen-bond donors (Lipinski definition) is 0. The maximum atomic E-state index is 12.2. The van der Waals surface area contributed by atoms with Crippen molar-refractivity contribution < 1.29 is 28.7 Å². The molecule has 1 aromatic rings. The van der Waals surface area contributed by atoms with Gasteiger partial charge in [0.05, 0.1) is 24.3 Å². The van der Waals surface area contributed by atoms with Crippen molar-refractivity contribution in [2.45, 2.75) is 13.8 Å². The first-order valence-electron chi connectivity index (χ1n) is 7.03. The average Bonchev–Trinajstić information content (AvgIpc) is 2.73. The Kier molecular flexibility index (Phi) is 4.68. The molecule has 1 aromatic carbocycles. The normalized spacial score (nSPS) is 14.4. The molecule has 0 saturated carbocycles. The van der Waals surface area contributed by atoms with Gasteiger partial charge in [0, 0.05) is 0 Å². The van der Waals surface area contributed by atoms with E-state index in [1.807, 2.05) is 0 Å². The van der Waals surface area contributed by atoms with Crippen LogP contribution in [-0.4, -0.2) is 47.4 Å². The van der Waals surface area contributed by atoms with Crippen LogP contribution in [0.3, 0.4) is 0 Å². The van der Waals surface area contributed by atoms with E-state index in [0.717, 1.165) is 11.8 Å². The van der Waals surface area contributed by atoms with Gasteiger partial charge in [-0.15, -0.1) is 0 Å². The lowest BCUT2D eigenvalue weighted by Crippen LogP contribution is -2.42. The van der Waals surface area contributed by atoms with Gasteiger partial charge < -0.3 is 4.74 Å². The molecule has 2 amide bonds. The highest BCUT2D eigenvalue weighted by Gasteiger charge is 2.40. The van der Waals surface area contributed by atoms with Crippen molar-refractivity contribution in [2.24, 2.45) is 5.92 Å². The fourth-order valence-corrected chi connectivity index (χ4v) is 2.38. The highest BCUT2D eigenvalue weighted by atomic mass is 16.5. The molecule has 0 radical (unpaired) electrons. The van der Waals surface area contributed by atoms with E-state index in [4.69, 9.17) is 4.74 Å². The Bertz CT molecular complexity index is 673. The van der Waals surface area contributed by atoms with Crippen molar-refractivity contribution in [3.8, 4) is 0 Å². The predicted octanol–water partition coefficient (Wildman–Crippen LogP) is 0.620. The number of nitrogens with zero attached hydrogens (tertiary/aromatic N) is 1. The number of fused-ring (bicyclic) bond motifs is 1. The Labute approximate surface area is 132 Å². The maximum Gasteiger partial charge on any atom is 0.324 e. The summed E-state index contributed by atoms with van der Waals surface area (Å²) in [6, 6.07) is 6.17. The number of amides is 2. The monoisotopic (exact) mass is 317 g/mol. The molecule has 7 nitrogen and oxygen atoms in total. The molecule has 0 fully saturated rings. The zero-order chi connectivity index (χ0) is 17.1. The number of ether oxygens (including phenoxy) is 1. The molecule has 1 atom stereocenters. The smallest absolute Gasteiger partial charge is 0.324 e. The quantitative estimate of drug-likeness (QED) is 0.433. The predicted molar refractivity (Wildman–Crippen MR) is 77.6 cm³/mol. The number of esters is 1. The third kappa shape index (κ3) is 3.03. The molecular formula is C16H15NO6. The number of carbonyl (C=O) groups excluding carboxylic acids is 5. The standard InChI is InChI=1S/C16H15NO6/c1-3-23-16(22)13(9(2)18)12(19)8-17-14(20)10-6-4-5-7-11(10)15(17)21/h4-7,13H,3,8H2,1-2H3/t13-/m0/s1. The van der Waals surface area contributed by atoms with Gasteiger partial charge >= 0.3 is 5.97 Å². The molecule has 2 rings (SSSR count). The summed E-state index contributed by atoms with van der Waals surface area (Å²) in [6.07, 6.45) is 0. The van der Waals surface area contributed by atoms with Gasteiger partial charge in [-0.05, 0) is 26.0 Å². The molecule has 23 heavy (non-hydrogen) atoms. The van der Waals surface area contributed by atoms with Crippen molar-refractivity contribution in [3.05, 3.63) is 35.4 Å². The van der Waals surface area contributed by atoms with Gasteiger partial charge in [-0.2, -0.15) is 0 Å². The third-order valence-electron chi connectivity index (χ3n) is 3.44. The first-order valence-corrected chi connectivity index (χ1v) is 7.03. The van der Waals surface area contributed by atoms with Crippen LogP contribution in [0.5, 0.6) is 0 Å². The fourth-order valence-electron chi connectivity index (χ4n) is 2.38. The minimum absolute atomic E-state index is 0.0168. The SMILES string of the molecule is CCOC(=O)[C@@H](C(C)=O)C(=O)CN1C(=O)c2ccccc2C1=O. The lowest BCUT2D eigenvalue weighted by molar-refractivity contribution is -0.154. The van der Waals surface area contributed by atoms with Crippen LogP contribution in [0.4, 0.5) is 0 Å². The molecular weight excluding hydrogens is 302 g/mol. The Hall–Kier alpha value is -2.83. The van der Waals surface area contributed by atoms with E-state index in [2.05, 4.69) is 0 Å². The van der Waals surface area contributed by atoms with Crippen LogP contribution >= 0.6 is 0 Å². The van der Waals surface area contributed by atoms with Crippen LogP contribution in [0.15, 0.2) is 24.3 Å². The number of ketones is 2. The van der Waals surface area contributed by atoms with Crippen LogP contribution in [0.25, 0.3) is 0 Å². The molecule has 0 aliphatic carbocycles. The molecule has 0 N–H and O–H groups in total. The van der Waals surface area contributed by atoms with Gasteiger partial charge in [0.1, 0.15) is 0 Å². The largest absolute Gasteiger partial charge is 0.465 e. The average molecular weight is 317 g/mol. The van der Waals surface area contributed by atoms with Crippen LogP contribution in [0.1, 0.15) is 34.6 Å². The van der Waals surface area contributed by atoms with E-state index >= 15 is 0 Å². The number of Topliss-reactive ketones (excluding diaryl/α,β-unsaturated/α-hetero) is 2. The van der Waals surface area contributed by atoms with Crippen molar-refractivity contribution >= 4 is 29.4 Å². The fraction of sp³-hybridized carbons (Fsp3) is 0.312. The number of imide groups is 1. The van der Waals surface area contributed by atoms with Crippen molar-refractivity contribution in [1.29, 1.82) is 0 Å². The molecule has 0 spiro atoms. The minimum Gasteiger partial charge on any atom is -0.465 e. The molecule has 0 bridgehead atoms. The highest BCUT2D eigenvalue weighted by molar-refractivity contribution is 6.24. The molecule has 0 unspecified atom stereocenters. The number of rotatable bonds is 6. The van der Waals surface area contributed by atoms with Gasteiger partial charge in [0.15, 0.2) is 17.5 Å². The summed E-state index contributed by atoms with van der Waals surface area (Å²) >= 11 is 0. The molecule has 7 heteroatoms. The highest BCUT2D eigenvalue weighted by Crippen LogP contribution is 2.22. The molecule has 1 aliphatic rings. The zero-order valence-corrected chi connectivity index (χ0v) is 12.7. The third-order valence-corrected chi connectivity index (χ3v) is 3.44. The summed E-state index contributed by atoms with van der Waals surface area (Å²) in [7, 11) is 0. The lowest BCUT2D eigenvalue weighted by atomic mass is 9.99. The van der Waals surface area contributed by atoms with Gasteiger partial charge in [-0.1, -0.05) is 12.1 Å². The molecule has 1 heterocycles. The van der Waals surface area contributed by atoms with E-state index < -0.39 is 41.8 Å². The summed E-state index contributed by atoms with van der Waals surface area (Å²) in [5.41, 5.74) is 0.390. The van der Waals surface area contributed by atoms with Crippen LogP contribution in [-0.2, 0) is 19.1 Å². The summed E-state index contributed by atoms with van der Waals surface area (Å²) in [5, 5.41) is 0. The van der Waals surface area contributed by atoms with Gasteiger partial charge in [-0.3, -0.25) is 28.9 Å². The Morgan fingerprint density at radius 1 is 1.09 bits per heavy atom. The number of hydrogen-bond acceptors (Lipinski definition) is 6. The first-order chi connectivity index (χ1) is 10.9. The van der Waals surface area contributed by atoms with E-state index in [0.29, 0.717) is 0 Å². The summed E-state index contributed by atoms with van der Waals surface area (Å²) in [6.45, 7) is 2.00.